The molecule has 0 unspecified atom stereocenters. The van der Waals surface area contributed by atoms with Crippen LogP contribution in [-0.2, 0) is 16.0 Å². The van der Waals surface area contributed by atoms with Crippen LogP contribution in [0.4, 0.5) is 5.13 Å². The molecule has 5 nitrogen and oxygen atoms in total. The highest BCUT2D eigenvalue weighted by atomic mass is 32.1. The van der Waals surface area contributed by atoms with E-state index < -0.39 is 0 Å². The van der Waals surface area contributed by atoms with Crippen LogP contribution in [0.15, 0.2) is 5.38 Å². The number of methoxy groups -OCH3 is 2. The van der Waals surface area contributed by atoms with Crippen LogP contribution < -0.4 is 10.2 Å². The van der Waals surface area contributed by atoms with Crippen LogP contribution in [0.2, 0.25) is 0 Å². The fraction of sp³-hybridized carbons (Fsp3) is 0.769. The van der Waals surface area contributed by atoms with E-state index in [2.05, 4.69) is 34.4 Å². The van der Waals surface area contributed by atoms with Gasteiger partial charge >= 0.3 is 0 Å². The maximum atomic E-state index is 5.14. The Morgan fingerprint density at radius 3 is 2.42 bits per heavy atom. The van der Waals surface area contributed by atoms with Crippen LogP contribution in [0.3, 0.4) is 0 Å². The summed E-state index contributed by atoms with van der Waals surface area (Å²) in [6, 6.07) is 0.475. The van der Waals surface area contributed by atoms with E-state index in [1.165, 1.54) is 0 Å². The van der Waals surface area contributed by atoms with Crippen molar-refractivity contribution in [2.75, 3.05) is 45.4 Å². The van der Waals surface area contributed by atoms with Crippen molar-refractivity contribution in [1.82, 2.24) is 10.3 Å². The van der Waals surface area contributed by atoms with Crippen LogP contribution >= 0.6 is 11.3 Å². The van der Waals surface area contributed by atoms with Crippen molar-refractivity contribution in [3.05, 3.63) is 11.1 Å². The quantitative estimate of drug-likeness (QED) is 0.710. The molecule has 0 radical (unpaired) electrons. The molecule has 1 N–H and O–H groups in total. The predicted molar refractivity (Wildman–Crippen MR) is 80.1 cm³/mol. The second-order valence-electron chi connectivity index (χ2n) is 4.63. The number of anilines is 1. The van der Waals surface area contributed by atoms with E-state index >= 15 is 0 Å². The Labute approximate surface area is 119 Å². The lowest BCUT2D eigenvalue weighted by Gasteiger charge is -2.20. The second-order valence-corrected chi connectivity index (χ2v) is 5.47. The zero-order valence-corrected chi connectivity index (χ0v) is 13.1. The molecule has 0 aromatic carbocycles. The zero-order chi connectivity index (χ0) is 14.1. The Hall–Kier alpha value is -0.690. The maximum Gasteiger partial charge on any atom is 0.185 e. The van der Waals surface area contributed by atoms with Crippen molar-refractivity contribution in [2.24, 2.45) is 0 Å². The molecule has 0 saturated carbocycles. The molecule has 0 bridgehead atoms. The summed E-state index contributed by atoms with van der Waals surface area (Å²) in [6.07, 6.45) is 0. The highest BCUT2D eigenvalue weighted by molar-refractivity contribution is 7.13. The van der Waals surface area contributed by atoms with Gasteiger partial charge in [-0.15, -0.1) is 11.3 Å². The molecule has 0 atom stereocenters. The van der Waals surface area contributed by atoms with Crippen molar-refractivity contribution in [1.29, 1.82) is 0 Å². The van der Waals surface area contributed by atoms with Gasteiger partial charge in [0, 0.05) is 45.3 Å². The van der Waals surface area contributed by atoms with Crippen LogP contribution in [0.1, 0.15) is 19.5 Å². The van der Waals surface area contributed by atoms with Crippen molar-refractivity contribution in [3.8, 4) is 0 Å². The third-order valence-electron chi connectivity index (χ3n) is 2.63. The van der Waals surface area contributed by atoms with Crippen molar-refractivity contribution in [3.63, 3.8) is 0 Å². The number of thiazole rings is 1. The Morgan fingerprint density at radius 1 is 1.26 bits per heavy atom. The van der Waals surface area contributed by atoms with Gasteiger partial charge in [-0.2, -0.15) is 0 Å². The molecule has 1 aromatic rings. The molecule has 0 fully saturated rings. The average Bonchev–Trinajstić information content (AvgIpc) is 2.85. The molecular formula is C13H25N3O2S. The molecule has 0 spiro atoms. The first-order chi connectivity index (χ1) is 9.17. The monoisotopic (exact) mass is 287 g/mol. The molecule has 1 rings (SSSR count). The topological polar surface area (TPSA) is 46.6 Å². The summed E-state index contributed by atoms with van der Waals surface area (Å²) in [5.41, 5.74) is 1.09. The van der Waals surface area contributed by atoms with Crippen LogP contribution in [0.25, 0.3) is 0 Å². The minimum Gasteiger partial charge on any atom is -0.383 e. The van der Waals surface area contributed by atoms with Crippen molar-refractivity contribution < 1.29 is 9.47 Å². The Balaban J connectivity index is 2.56. The van der Waals surface area contributed by atoms with Gasteiger partial charge in [0.1, 0.15) is 0 Å². The standard InChI is InChI=1S/C13H25N3O2S/c1-11(2)14-9-12-10-19-13(15-12)16(5-7-17-3)6-8-18-4/h10-11,14H,5-9H2,1-4H3. The van der Waals surface area contributed by atoms with Gasteiger partial charge in [0.25, 0.3) is 0 Å². The smallest absolute Gasteiger partial charge is 0.185 e. The SMILES string of the molecule is COCCN(CCOC)c1nc(CNC(C)C)cs1. The highest BCUT2D eigenvalue weighted by Gasteiger charge is 2.11. The number of nitrogens with one attached hydrogen (secondary N) is 1. The minimum atomic E-state index is 0.475. The molecule has 1 heterocycles. The Bertz CT molecular complexity index is 336. The molecule has 1 aromatic heterocycles. The first-order valence-electron chi connectivity index (χ1n) is 6.58. The number of hydrogen-bond donors (Lipinski definition) is 1. The van der Waals surface area contributed by atoms with Gasteiger partial charge in [-0.25, -0.2) is 4.98 Å². The van der Waals surface area contributed by atoms with Crippen LogP contribution in [0.5, 0.6) is 0 Å². The van der Waals surface area contributed by atoms with Gasteiger partial charge < -0.3 is 19.7 Å². The van der Waals surface area contributed by atoms with Crippen LogP contribution in [0, 0.1) is 0 Å². The van der Waals surface area contributed by atoms with E-state index in [-0.39, 0.29) is 0 Å². The van der Waals surface area contributed by atoms with E-state index in [0.29, 0.717) is 19.3 Å². The second kappa shape index (κ2) is 9.25. The fourth-order valence-corrected chi connectivity index (χ4v) is 2.42. The van der Waals surface area contributed by atoms with Gasteiger partial charge in [-0.05, 0) is 0 Å². The Kier molecular flexibility index (Phi) is 7.97. The first kappa shape index (κ1) is 16.4. The summed E-state index contributed by atoms with van der Waals surface area (Å²) in [5, 5.41) is 6.52. The molecule has 0 aliphatic carbocycles. The number of hydrogen-bond acceptors (Lipinski definition) is 6. The van der Waals surface area contributed by atoms with Gasteiger partial charge in [0.15, 0.2) is 5.13 Å². The molecule has 0 aliphatic rings. The Morgan fingerprint density at radius 2 is 1.89 bits per heavy atom. The summed E-state index contributed by atoms with van der Waals surface area (Å²) in [4.78, 5) is 6.86. The molecule has 19 heavy (non-hydrogen) atoms. The molecule has 6 heteroatoms. The van der Waals surface area contributed by atoms with E-state index in [4.69, 9.17) is 9.47 Å². The summed E-state index contributed by atoms with van der Waals surface area (Å²) in [7, 11) is 3.43. The van der Waals surface area contributed by atoms with E-state index in [0.717, 1.165) is 30.5 Å². The van der Waals surface area contributed by atoms with Gasteiger partial charge in [-0.3, -0.25) is 0 Å². The summed E-state index contributed by atoms with van der Waals surface area (Å²) >= 11 is 1.67. The van der Waals surface area contributed by atoms with E-state index in [9.17, 15) is 0 Å². The molecule has 0 amide bonds. The predicted octanol–water partition coefficient (Wildman–Crippen LogP) is 1.74. The number of aromatic nitrogens is 1. The first-order valence-corrected chi connectivity index (χ1v) is 7.46. The lowest BCUT2D eigenvalue weighted by molar-refractivity contribution is 0.190. The van der Waals surface area contributed by atoms with Gasteiger partial charge in [-0.1, -0.05) is 13.8 Å². The zero-order valence-electron chi connectivity index (χ0n) is 12.3. The summed E-state index contributed by atoms with van der Waals surface area (Å²) in [5.74, 6) is 0. The highest BCUT2D eigenvalue weighted by Crippen LogP contribution is 2.20. The summed E-state index contributed by atoms with van der Waals surface area (Å²) < 4.78 is 10.3. The van der Waals surface area contributed by atoms with Gasteiger partial charge in [0.2, 0.25) is 0 Å². The lowest BCUT2D eigenvalue weighted by atomic mass is 10.4. The normalized spacial score (nSPS) is 11.2. The number of ether oxygens (including phenoxy) is 2. The van der Waals surface area contributed by atoms with Crippen molar-refractivity contribution in [2.45, 2.75) is 26.4 Å². The fourth-order valence-electron chi connectivity index (χ4n) is 1.54. The largest absolute Gasteiger partial charge is 0.383 e. The van der Waals surface area contributed by atoms with Crippen molar-refractivity contribution >= 4 is 16.5 Å². The molecule has 0 aliphatic heterocycles. The molecule has 0 saturated heterocycles. The molecule has 110 valence electrons. The number of rotatable bonds is 10. The maximum absolute atomic E-state index is 5.14. The minimum absolute atomic E-state index is 0.475. The lowest BCUT2D eigenvalue weighted by Crippen LogP contribution is -2.30. The van der Waals surface area contributed by atoms with Gasteiger partial charge in [0.05, 0.1) is 18.9 Å². The van der Waals surface area contributed by atoms with Crippen LogP contribution in [-0.4, -0.2) is 51.5 Å². The third kappa shape index (κ3) is 6.33. The van der Waals surface area contributed by atoms with E-state index in [1.807, 2.05) is 0 Å². The summed E-state index contributed by atoms with van der Waals surface area (Å²) in [6.45, 7) is 8.16. The molecular weight excluding hydrogens is 262 g/mol. The van der Waals surface area contributed by atoms with E-state index in [1.54, 1.807) is 25.6 Å². The number of nitrogens with zero attached hydrogens (tertiary/aromatic N) is 2. The average molecular weight is 287 g/mol. The third-order valence-corrected chi connectivity index (χ3v) is 3.58.